The predicted octanol–water partition coefficient (Wildman–Crippen LogP) is 11.7. The van der Waals surface area contributed by atoms with Crippen LogP contribution < -0.4 is 0 Å². The zero-order chi connectivity index (χ0) is 27.7. The SMILES string of the molecule is Cc1cc(C)c(-c2c3ccccc3c(-c3ccc4cc5c(ccc6ccccc65)cc4c3)c3ccccc23)c(C)c1. The highest BCUT2D eigenvalue weighted by atomic mass is 14.2. The fraction of sp³-hybridized carbons (Fsp3) is 0.0732. The van der Waals surface area contributed by atoms with Crippen LogP contribution in [0, 0.1) is 20.8 Å². The summed E-state index contributed by atoms with van der Waals surface area (Å²) in [4.78, 5) is 0. The minimum Gasteiger partial charge on any atom is -0.0616 e. The van der Waals surface area contributed by atoms with Crippen LogP contribution in [0.2, 0.25) is 0 Å². The molecule has 0 aromatic heterocycles. The lowest BCUT2D eigenvalue weighted by Gasteiger charge is -2.20. The molecule has 0 unspecified atom stereocenters. The first kappa shape index (κ1) is 23.9. The van der Waals surface area contributed by atoms with Gasteiger partial charge in [-0.05, 0) is 126 Å². The average molecular weight is 523 g/mol. The van der Waals surface area contributed by atoms with Crippen LogP contribution in [-0.2, 0) is 0 Å². The van der Waals surface area contributed by atoms with Gasteiger partial charge in [0.1, 0.15) is 0 Å². The van der Waals surface area contributed by atoms with E-state index in [0.717, 1.165) is 0 Å². The molecular formula is C41H30. The maximum Gasteiger partial charge on any atom is -0.00210 e. The lowest BCUT2D eigenvalue weighted by atomic mass is 9.83. The summed E-state index contributed by atoms with van der Waals surface area (Å²) < 4.78 is 0. The minimum atomic E-state index is 1.26. The van der Waals surface area contributed by atoms with Gasteiger partial charge >= 0.3 is 0 Å². The fourth-order valence-corrected chi connectivity index (χ4v) is 7.19. The quantitative estimate of drug-likeness (QED) is 0.156. The zero-order valence-electron chi connectivity index (χ0n) is 23.6. The van der Waals surface area contributed by atoms with Gasteiger partial charge in [-0.3, -0.25) is 0 Å². The molecule has 0 atom stereocenters. The standard InChI is InChI=1S/C41H30/c1-25-20-26(2)39(27(3)21-25)41-36-14-8-6-12-34(36)40(35-13-7-9-15-37(35)41)31-19-17-29-24-38-30(22-32(29)23-31)18-16-28-10-4-5-11-33(28)38/h4-24H,1-3H3. The summed E-state index contributed by atoms with van der Waals surface area (Å²) in [6.07, 6.45) is 0. The van der Waals surface area contributed by atoms with Crippen molar-refractivity contribution in [2.24, 2.45) is 0 Å². The topological polar surface area (TPSA) is 0 Å². The molecule has 41 heavy (non-hydrogen) atoms. The summed E-state index contributed by atoms with van der Waals surface area (Å²) in [7, 11) is 0. The van der Waals surface area contributed by atoms with E-state index in [1.54, 1.807) is 0 Å². The van der Waals surface area contributed by atoms with E-state index in [9.17, 15) is 0 Å². The second-order valence-electron chi connectivity index (χ2n) is 11.5. The van der Waals surface area contributed by atoms with Crippen molar-refractivity contribution in [2.45, 2.75) is 20.8 Å². The van der Waals surface area contributed by atoms with E-state index >= 15 is 0 Å². The van der Waals surface area contributed by atoms with Gasteiger partial charge in [0.05, 0.1) is 0 Å². The Hall–Kier alpha value is -4.94. The molecule has 0 aliphatic rings. The molecule has 8 aromatic rings. The number of rotatable bonds is 2. The summed E-state index contributed by atoms with van der Waals surface area (Å²) in [6.45, 7) is 6.70. The lowest BCUT2D eigenvalue weighted by molar-refractivity contribution is 1.33. The second kappa shape index (κ2) is 9.04. The fourth-order valence-electron chi connectivity index (χ4n) is 7.19. The molecule has 8 aromatic carbocycles. The Balaban J connectivity index is 1.44. The molecule has 194 valence electrons. The first-order valence-corrected chi connectivity index (χ1v) is 14.4. The highest BCUT2D eigenvalue weighted by Gasteiger charge is 2.19. The van der Waals surface area contributed by atoms with Crippen molar-refractivity contribution in [1.82, 2.24) is 0 Å². The Kier molecular flexibility index (Phi) is 5.27. The molecule has 0 nitrogen and oxygen atoms in total. The van der Waals surface area contributed by atoms with E-state index in [4.69, 9.17) is 0 Å². The van der Waals surface area contributed by atoms with E-state index in [1.165, 1.54) is 92.8 Å². The van der Waals surface area contributed by atoms with Crippen molar-refractivity contribution in [3.05, 3.63) is 144 Å². The highest BCUT2D eigenvalue weighted by molar-refractivity contribution is 6.22. The van der Waals surface area contributed by atoms with Crippen LogP contribution in [0.1, 0.15) is 16.7 Å². The molecule has 0 saturated carbocycles. The molecule has 8 rings (SSSR count). The molecule has 0 aliphatic heterocycles. The van der Waals surface area contributed by atoms with E-state index in [1.807, 2.05) is 0 Å². The Labute approximate surface area is 240 Å². The predicted molar refractivity (Wildman–Crippen MR) is 179 cm³/mol. The Morgan fingerprint density at radius 3 is 1.51 bits per heavy atom. The lowest BCUT2D eigenvalue weighted by Crippen LogP contribution is -1.95. The van der Waals surface area contributed by atoms with E-state index < -0.39 is 0 Å². The average Bonchev–Trinajstić information content (AvgIpc) is 2.99. The molecule has 0 N–H and O–H groups in total. The monoisotopic (exact) mass is 522 g/mol. The maximum absolute atomic E-state index is 2.39. The third-order valence-corrected chi connectivity index (χ3v) is 8.85. The van der Waals surface area contributed by atoms with E-state index in [-0.39, 0.29) is 0 Å². The van der Waals surface area contributed by atoms with E-state index in [2.05, 4.69) is 148 Å². The number of aryl methyl sites for hydroxylation is 3. The molecule has 0 amide bonds. The molecule has 0 heterocycles. The van der Waals surface area contributed by atoms with Crippen molar-refractivity contribution < 1.29 is 0 Å². The number of hydrogen-bond donors (Lipinski definition) is 0. The summed E-state index contributed by atoms with van der Waals surface area (Å²) in [5, 5.41) is 12.9. The van der Waals surface area contributed by atoms with Crippen molar-refractivity contribution in [3.63, 3.8) is 0 Å². The van der Waals surface area contributed by atoms with Gasteiger partial charge in [0.15, 0.2) is 0 Å². The van der Waals surface area contributed by atoms with Crippen LogP contribution in [0.4, 0.5) is 0 Å². The smallest absolute Gasteiger partial charge is 0.00210 e. The molecule has 0 heteroatoms. The van der Waals surface area contributed by atoms with Gasteiger partial charge in [-0.25, -0.2) is 0 Å². The third kappa shape index (κ3) is 3.68. The van der Waals surface area contributed by atoms with Crippen LogP contribution >= 0.6 is 0 Å². The Morgan fingerprint density at radius 2 is 0.854 bits per heavy atom. The highest BCUT2D eigenvalue weighted by Crippen LogP contribution is 2.46. The van der Waals surface area contributed by atoms with Crippen LogP contribution in [0.15, 0.2) is 127 Å². The molecule has 0 radical (unpaired) electrons. The first-order chi connectivity index (χ1) is 20.1. The van der Waals surface area contributed by atoms with Gasteiger partial charge in [-0.2, -0.15) is 0 Å². The van der Waals surface area contributed by atoms with Crippen LogP contribution in [0.25, 0.3) is 76.1 Å². The van der Waals surface area contributed by atoms with Gasteiger partial charge in [-0.1, -0.05) is 115 Å². The molecule has 0 bridgehead atoms. The summed E-state index contributed by atoms with van der Waals surface area (Å²) in [6, 6.07) is 47.5. The molecular weight excluding hydrogens is 492 g/mol. The summed E-state index contributed by atoms with van der Waals surface area (Å²) >= 11 is 0. The Morgan fingerprint density at radius 1 is 0.317 bits per heavy atom. The summed E-state index contributed by atoms with van der Waals surface area (Å²) in [5.74, 6) is 0. The normalized spacial score (nSPS) is 11.8. The second-order valence-corrected chi connectivity index (χ2v) is 11.5. The molecule has 0 spiro atoms. The zero-order valence-corrected chi connectivity index (χ0v) is 23.6. The van der Waals surface area contributed by atoms with Crippen molar-refractivity contribution in [3.8, 4) is 22.3 Å². The van der Waals surface area contributed by atoms with E-state index in [0.29, 0.717) is 0 Å². The van der Waals surface area contributed by atoms with Crippen LogP contribution in [0.5, 0.6) is 0 Å². The van der Waals surface area contributed by atoms with Gasteiger partial charge in [-0.15, -0.1) is 0 Å². The van der Waals surface area contributed by atoms with Gasteiger partial charge in [0.2, 0.25) is 0 Å². The minimum absolute atomic E-state index is 1.26. The molecule has 0 saturated heterocycles. The third-order valence-electron chi connectivity index (χ3n) is 8.85. The number of hydrogen-bond acceptors (Lipinski definition) is 0. The number of fused-ring (bicyclic) bond motifs is 6. The van der Waals surface area contributed by atoms with Gasteiger partial charge < -0.3 is 0 Å². The van der Waals surface area contributed by atoms with Gasteiger partial charge in [0.25, 0.3) is 0 Å². The van der Waals surface area contributed by atoms with Crippen molar-refractivity contribution in [1.29, 1.82) is 0 Å². The number of benzene rings is 8. The molecule has 0 aliphatic carbocycles. The van der Waals surface area contributed by atoms with Crippen molar-refractivity contribution >= 4 is 53.9 Å². The molecule has 0 fully saturated rings. The van der Waals surface area contributed by atoms with Crippen LogP contribution in [-0.4, -0.2) is 0 Å². The van der Waals surface area contributed by atoms with Crippen molar-refractivity contribution in [2.75, 3.05) is 0 Å². The van der Waals surface area contributed by atoms with Gasteiger partial charge in [0, 0.05) is 0 Å². The Bertz CT molecular complexity index is 2250. The largest absolute Gasteiger partial charge is 0.0616 e. The maximum atomic E-state index is 2.39. The summed E-state index contributed by atoms with van der Waals surface area (Å²) in [5.41, 5.74) is 9.23. The first-order valence-electron chi connectivity index (χ1n) is 14.4. The van der Waals surface area contributed by atoms with Crippen LogP contribution in [0.3, 0.4) is 0 Å².